The van der Waals surface area contributed by atoms with E-state index in [-0.39, 0.29) is 5.56 Å². The highest BCUT2D eigenvalue weighted by molar-refractivity contribution is 6.04. The van der Waals surface area contributed by atoms with Crippen molar-refractivity contribution in [3.63, 3.8) is 0 Å². The van der Waals surface area contributed by atoms with Gasteiger partial charge in [-0.1, -0.05) is 17.7 Å². The summed E-state index contributed by atoms with van der Waals surface area (Å²) in [6.45, 7) is 1.91. The molecule has 0 atom stereocenters. The van der Waals surface area contributed by atoms with Crippen molar-refractivity contribution >= 4 is 11.6 Å². The van der Waals surface area contributed by atoms with Gasteiger partial charge in [-0.25, -0.2) is 8.78 Å². The van der Waals surface area contributed by atoms with E-state index in [2.05, 4.69) is 5.32 Å². The van der Waals surface area contributed by atoms with E-state index in [0.29, 0.717) is 5.69 Å². The fourth-order valence-electron chi connectivity index (χ4n) is 1.51. The lowest BCUT2D eigenvalue weighted by molar-refractivity contribution is 0.102. The van der Waals surface area contributed by atoms with Gasteiger partial charge in [0.2, 0.25) is 0 Å². The van der Waals surface area contributed by atoms with Crippen LogP contribution < -0.4 is 5.32 Å². The number of hydrogen-bond acceptors (Lipinski definition) is 1. The van der Waals surface area contributed by atoms with Crippen LogP contribution in [0, 0.1) is 18.6 Å². The van der Waals surface area contributed by atoms with Crippen LogP contribution in [-0.4, -0.2) is 5.91 Å². The molecule has 0 aliphatic carbocycles. The standard InChI is InChI=1S/C14H11F2NO/c1-9-2-5-11(6-3-9)17-14(18)12-8-10(15)4-7-13(12)16/h2-8H,1H3,(H,17,18). The number of benzene rings is 2. The maximum absolute atomic E-state index is 13.4. The van der Waals surface area contributed by atoms with Crippen molar-refractivity contribution in [3.05, 3.63) is 65.2 Å². The molecule has 2 nitrogen and oxygen atoms in total. The van der Waals surface area contributed by atoms with E-state index in [4.69, 9.17) is 0 Å². The monoisotopic (exact) mass is 247 g/mol. The minimum Gasteiger partial charge on any atom is -0.322 e. The first-order chi connectivity index (χ1) is 8.56. The van der Waals surface area contributed by atoms with Crippen LogP contribution in [0.15, 0.2) is 42.5 Å². The molecule has 2 rings (SSSR count). The largest absolute Gasteiger partial charge is 0.322 e. The first-order valence-electron chi connectivity index (χ1n) is 5.39. The van der Waals surface area contributed by atoms with Crippen LogP contribution >= 0.6 is 0 Å². The van der Waals surface area contributed by atoms with E-state index in [1.54, 1.807) is 12.1 Å². The van der Waals surface area contributed by atoms with E-state index >= 15 is 0 Å². The second-order valence-corrected chi connectivity index (χ2v) is 3.94. The molecular formula is C14H11F2NO. The molecule has 4 heteroatoms. The van der Waals surface area contributed by atoms with Crippen LogP contribution in [0.3, 0.4) is 0 Å². The Kier molecular flexibility index (Phi) is 3.37. The van der Waals surface area contributed by atoms with Crippen molar-refractivity contribution in [3.8, 4) is 0 Å². The van der Waals surface area contributed by atoms with Gasteiger partial charge in [0.15, 0.2) is 0 Å². The van der Waals surface area contributed by atoms with E-state index in [0.717, 1.165) is 23.8 Å². The molecule has 2 aromatic rings. The second kappa shape index (κ2) is 4.96. The molecule has 0 aliphatic heterocycles. The lowest BCUT2D eigenvalue weighted by Crippen LogP contribution is -2.14. The highest BCUT2D eigenvalue weighted by Gasteiger charge is 2.12. The second-order valence-electron chi connectivity index (χ2n) is 3.94. The van der Waals surface area contributed by atoms with Crippen LogP contribution in [-0.2, 0) is 0 Å². The normalized spacial score (nSPS) is 10.2. The molecule has 0 unspecified atom stereocenters. The first-order valence-corrected chi connectivity index (χ1v) is 5.39. The Balaban J connectivity index is 2.21. The summed E-state index contributed by atoms with van der Waals surface area (Å²) in [4.78, 5) is 11.8. The fraction of sp³-hybridized carbons (Fsp3) is 0.0714. The molecule has 0 saturated carbocycles. The topological polar surface area (TPSA) is 29.1 Å². The maximum Gasteiger partial charge on any atom is 0.258 e. The molecule has 1 amide bonds. The Morgan fingerprint density at radius 1 is 1.06 bits per heavy atom. The summed E-state index contributed by atoms with van der Waals surface area (Å²) in [5, 5.41) is 2.51. The number of anilines is 1. The van der Waals surface area contributed by atoms with Gasteiger partial charge in [-0.15, -0.1) is 0 Å². The average molecular weight is 247 g/mol. The Bertz CT molecular complexity index is 579. The van der Waals surface area contributed by atoms with Gasteiger partial charge in [0, 0.05) is 5.69 Å². The fourth-order valence-corrected chi connectivity index (χ4v) is 1.51. The summed E-state index contributed by atoms with van der Waals surface area (Å²) in [7, 11) is 0. The van der Waals surface area contributed by atoms with Crippen LogP contribution in [0.25, 0.3) is 0 Å². The van der Waals surface area contributed by atoms with Crippen molar-refractivity contribution in [1.82, 2.24) is 0 Å². The molecule has 0 bridgehead atoms. The van der Waals surface area contributed by atoms with Crippen molar-refractivity contribution in [1.29, 1.82) is 0 Å². The Morgan fingerprint density at radius 2 is 1.72 bits per heavy atom. The van der Waals surface area contributed by atoms with Gasteiger partial charge in [0.1, 0.15) is 11.6 Å². The summed E-state index contributed by atoms with van der Waals surface area (Å²) in [6, 6.07) is 9.81. The van der Waals surface area contributed by atoms with Gasteiger partial charge in [-0.3, -0.25) is 4.79 Å². The molecule has 1 N–H and O–H groups in total. The van der Waals surface area contributed by atoms with Gasteiger partial charge in [0.05, 0.1) is 5.56 Å². The zero-order valence-electron chi connectivity index (χ0n) is 9.71. The first kappa shape index (κ1) is 12.2. The van der Waals surface area contributed by atoms with Crippen LogP contribution in [0.2, 0.25) is 0 Å². The number of halogens is 2. The number of amides is 1. The summed E-state index contributed by atoms with van der Waals surface area (Å²) >= 11 is 0. The van der Waals surface area contributed by atoms with Crippen molar-refractivity contribution in [2.45, 2.75) is 6.92 Å². The van der Waals surface area contributed by atoms with Gasteiger partial charge in [-0.05, 0) is 37.3 Å². The smallest absolute Gasteiger partial charge is 0.258 e. The molecule has 0 heterocycles. The van der Waals surface area contributed by atoms with Crippen molar-refractivity contribution in [2.24, 2.45) is 0 Å². The predicted octanol–water partition coefficient (Wildman–Crippen LogP) is 3.53. The van der Waals surface area contributed by atoms with E-state index in [1.807, 2.05) is 19.1 Å². The van der Waals surface area contributed by atoms with Gasteiger partial charge < -0.3 is 5.32 Å². The predicted molar refractivity (Wildman–Crippen MR) is 65.5 cm³/mol. The van der Waals surface area contributed by atoms with Crippen LogP contribution in [0.4, 0.5) is 14.5 Å². The summed E-state index contributed by atoms with van der Waals surface area (Å²) < 4.78 is 26.3. The molecule has 2 aromatic carbocycles. The van der Waals surface area contributed by atoms with E-state index < -0.39 is 17.5 Å². The summed E-state index contributed by atoms with van der Waals surface area (Å²) in [5.41, 5.74) is 1.27. The average Bonchev–Trinajstić information content (AvgIpc) is 2.35. The third-order valence-corrected chi connectivity index (χ3v) is 2.48. The summed E-state index contributed by atoms with van der Waals surface area (Å²) in [6.07, 6.45) is 0. The number of rotatable bonds is 2. The van der Waals surface area contributed by atoms with Crippen molar-refractivity contribution < 1.29 is 13.6 Å². The quantitative estimate of drug-likeness (QED) is 0.864. The van der Waals surface area contributed by atoms with Crippen molar-refractivity contribution in [2.75, 3.05) is 5.32 Å². The van der Waals surface area contributed by atoms with Gasteiger partial charge >= 0.3 is 0 Å². The Morgan fingerprint density at radius 3 is 2.39 bits per heavy atom. The van der Waals surface area contributed by atoms with Crippen LogP contribution in [0.5, 0.6) is 0 Å². The van der Waals surface area contributed by atoms with Gasteiger partial charge in [0.25, 0.3) is 5.91 Å². The highest BCUT2D eigenvalue weighted by Crippen LogP contribution is 2.14. The third-order valence-electron chi connectivity index (χ3n) is 2.48. The highest BCUT2D eigenvalue weighted by atomic mass is 19.1. The van der Waals surface area contributed by atoms with E-state index in [1.165, 1.54) is 0 Å². The zero-order chi connectivity index (χ0) is 13.1. The molecule has 0 spiro atoms. The Labute approximate surface area is 103 Å². The lowest BCUT2D eigenvalue weighted by atomic mass is 10.1. The molecule has 18 heavy (non-hydrogen) atoms. The Hall–Kier alpha value is -2.23. The minimum atomic E-state index is -0.749. The maximum atomic E-state index is 13.4. The third kappa shape index (κ3) is 2.71. The number of nitrogens with one attached hydrogen (secondary N) is 1. The minimum absolute atomic E-state index is 0.310. The molecule has 0 fully saturated rings. The SMILES string of the molecule is Cc1ccc(NC(=O)c2cc(F)ccc2F)cc1. The molecule has 0 aliphatic rings. The molecular weight excluding hydrogens is 236 g/mol. The molecule has 0 radical (unpaired) electrons. The molecule has 0 saturated heterocycles. The van der Waals surface area contributed by atoms with Gasteiger partial charge in [-0.2, -0.15) is 0 Å². The summed E-state index contributed by atoms with van der Waals surface area (Å²) in [5.74, 6) is -2.07. The molecule has 92 valence electrons. The van der Waals surface area contributed by atoms with E-state index in [9.17, 15) is 13.6 Å². The number of hydrogen-bond donors (Lipinski definition) is 1. The lowest BCUT2D eigenvalue weighted by Gasteiger charge is -2.06. The number of carbonyl (C=O) groups excluding carboxylic acids is 1. The number of carbonyl (C=O) groups is 1. The molecule has 0 aromatic heterocycles. The zero-order valence-corrected chi connectivity index (χ0v) is 9.71. The van der Waals surface area contributed by atoms with Crippen LogP contribution in [0.1, 0.15) is 15.9 Å². The number of aryl methyl sites for hydroxylation is 1.